The number of rotatable bonds is 7. The van der Waals surface area contributed by atoms with Crippen LogP contribution >= 0.6 is 0 Å². The summed E-state index contributed by atoms with van der Waals surface area (Å²) < 4.78 is 4.80. The fourth-order valence-electron chi connectivity index (χ4n) is 1.45. The molecule has 4 heteroatoms. The van der Waals surface area contributed by atoms with Gasteiger partial charge in [-0.2, -0.15) is 0 Å². The van der Waals surface area contributed by atoms with Gasteiger partial charge in [0.25, 0.3) is 0 Å². The van der Waals surface area contributed by atoms with Gasteiger partial charge in [0.2, 0.25) is 0 Å². The van der Waals surface area contributed by atoms with Crippen molar-refractivity contribution in [2.45, 2.75) is 39.5 Å². The third-order valence-corrected chi connectivity index (χ3v) is 2.44. The van der Waals surface area contributed by atoms with Crippen LogP contribution in [0.15, 0.2) is 0 Å². The molecule has 16 heavy (non-hydrogen) atoms. The molecule has 0 aliphatic rings. The monoisotopic (exact) mass is 226 g/mol. The molecule has 0 saturated heterocycles. The highest BCUT2D eigenvalue weighted by atomic mass is 16.5. The number of terminal acetylenes is 1. The lowest BCUT2D eigenvalue weighted by molar-refractivity contribution is -0.169. The van der Waals surface area contributed by atoms with Crippen LogP contribution in [0, 0.1) is 17.8 Å². The van der Waals surface area contributed by atoms with Crippen LogP contribution in [-0.2, 0) is 14.3 Å². The van der Waals surface area contributed by atoms with E-state index < -0.39 is 17.4 Å². The molecule has 0 aromatic rings. The number of hydrogen-bond donors (Lipinski definition) is 1. The average Bonchev–Trinajstić information content (AvgIpc) is 2.24. The second-order valence-electron chi connectivity index (χ2n) is 3.59. The van der Waals surface area contributed by atoms with Crippen LogP contribution in [0.4, 0.5) is 0 Å². The van der Waals surface area contributed by atoms with Crippen molar-refractivity contribution in [2.75, 3.05) is 6.61 Å². The largest absolute Gasteiger partial charge is 0.480 e. The molecule has 0 rings (SSSR count). The van der Waals surface area contributed by atoms with E-state index in [0.717, 1.165) is 6.42 Å². The van der Waals surface area contributed by atoms with Crippen LogP contribution in [0.1, 0.15) is 39.5 Å². The van der Waals surface area contributed by atoms with E-state index in [1.807, 2.05) is 6.92 Å². The molecular formula is C12H18O4. The van der Waals surface area contributed by atoms with Gasteiger partial charge in [0, 0.05) is 6.42 Å². The van der Waals surface area contributed by atoms with Crippen molar-refractivity contribution in [3.8, 4) is 12.3 Å². The molecule has 0 aliphatic heterocycles. The minimum atomic E-state index is -1.57. The van der Waals surface area contributed by atoms with Gasteiger partial charge in [-0.1, -0.05) is 19.8 Å². The molecule has 0 saturated carbocycles. The van der Waals surface area contributed by atoms with Crippen molar-refractivity contribution in [1.82, 2.24) is 0 Å². The summed E-state index contributed by atoms with van der Waals surface area (Å²) in [7, 11) is 0. The van der Waals surface area contributed by atoms with Gasteiger partial charge in [-0.15, -0.1) is 12.3 Å². The first-order valence-electron chi connectivity index (χ1n) is 5.39. The molecule has 0 amide bonds. The first-order chi connectivity index (χ1) is 7.55. The molecule has 1 unspecified atom stereocenters. The van der Waals surface area contributed by atoms with E-state index in [1.54, 1.807) is 6.92 Å². The zero-order valence-electron chi connectivity index (χ0n) is 9.78. The van der Waals surface area contributed by atoms with Crippen LogP contribution in [-0.4, -0.2) is 23.7 Å². The van der Waals surface area contributed by atoms with Gasteiger partial charge in [0.15, 0.2) is 5.41 Å². The Morgan fingerprint density at radius 1 is 1.44 bits per heavy atom. The van der Waals surface area contributed by atoms with Gasteiger partial charge < -0.3 is 9.84 Å². The summed E-state index contributed by atoms with van der Waals surface area (Å²) >= 11 is 0. The topological polar surface area (TPSA) is 63.6 Å². The van der Waals surface area contributed by atoms with Crippen LogP contribution in [0.25, 0.3) is 0 Å². The van der Waals surface area contributed by atoms with E-state index >= 15 is 0 Å². The third kappa shape index (κ3) is 3.27. The average molecular weight is 226 g/mol. The maximum absolute atomic E-state index is 11.7. The van der Waals surface area contributed by atoms with Crippen molar-refractivity contribution >= 4 is 11.9 Å². The fraction of sp³-hybridized carbons (Fsp3) is 0.667. The van der Waals surface area contributed by atoms with Crippen molar-refractivity contribution in [2.24, 2.45) is 5.41 Å². The third-order valence-electron chi connectivity index (χ3n) is 2.44. The Morgan fingerprint density at radius 2 is 2.06 bits per heavy atom. The molecule has 0 aromatic heterocycles. The predicted molar refractivity (Wildman–Crippen MR) is 59.7 cm³/mol. The van der Waals surface area contributed by atoms with E-state index in [2.05, 4.69) is 5.92 Å². The Labute approximate surface area is 96.0 Å². The van der Waals surface area contributed by atoms with E-state index in [1.165, 1.54) is 0 Å². The molecule has 0 bridgehead atoms. The van der Waals surface area contributed by atoms with Crippen molar-refractivity contribution in [3.05, 3.63) is 0 Å². The summed E-state index contributed by atoms with van der Waals surface area (Å²) in [5.74, 6) is 0.332. The predicted octanol–water partition coefficient (Wildman–Crippen LogP) is 1.83. The number of carbonyl (C=O) groups excluding carboxylic acids is 1. The fourth-order valence-corrected chi connectivity index (χ4v) is 1.45. The van der Waals surface area contributed by atoms with E-state index in [9.17, 15) is 14.7 Å². The number of carboxylic acid groups (broad SMARTS) is 1. The Kier molecular flexibility index (Phi) is 6.24. The minimum Gasteiger partial charge on any atom is -0.480 e. The lowest BCUT2D eigenvalue weighted by atomic mass is 9.80. The SMILES string of the molecule is C#CCC(CCCC)(C(=O)O)C(=O)OCC. The lowest BCUT2D eigenvalue weighted by Crippen LogP contribution is -2.40. The van der Waals surface area contributed by atoms with Crippen LogP contribution in [0.2, 0.25) is 0 Å². The Morgan fingerprint density at radius 3 is 2.44 bits per heavy atom. The molecule has 0 aromatic carbocycles. The number of carboxylic acids is 1. The van der Waals surface area contributed by atoms with Crippen molar-refractivity contribution < 1.29 is 19.4 Å². The Bertz CT molecular complexity index is 290. The van der Waals surface area contributed by atoms with E-state index in [4.69, 9.17) is 11.2 Å². The van der Waals surface area contributed by atoms with Gasteiger partial charge in [-0.05, 0) is 13.3 Å². The zero-order valence-corrected chi connectivity index (χ0v) is 9.78. The number of unbranched alkanes of at least 4 members (excludes halogenated alkanes) is 1. The number of hydrogen-bond acceptors (Lipinski definition) is 3. The van der Waals surface area contributed by atoms with Gasteiger partial charge in [0.1, 0.15) is 0 Å². The first kappa shape index (κ1) is 14.5. The molecule has 1 N–H and O–H groups in total. The van der Waals surface area contributed by atoms with E-state index in [0.29, 0.717) is 6.42 Å². The van der Waals surface area contributed by atoms with Gasteiger partial charge >= 0.3 is 11.9 Å². The Hall–Kier alpha value is -1.50. The molecule has 90 valence electrons. The first-order valence-corrected chi connectivity index (χ1v) is 5.39. The van der Waals surface area contributed by atoms with Gasteiger partial charge in [0.05, 0.1) is 6.61 Å². The van der Waals surface area contributed by atoms with Crippen LogP contribution in [0.5, 0.6) is 0 Å². The summed E-state index contributed by atoms with van der Waals surface area (Å²) in [5.41, 5.74) is -1.57. The van der Waals surface area contributed by atoms with Crippen LogP contribution in [0.3, 0.4) is 0 Å². The van der Waals surface area contributed by atoms with Crippen LogP contribution < -0.4 is 0 Å². The molecule has 1 atom stereocenters. The molecule has 4 nitrogen and oxygen atoms in total. The molecule has 0 spiro atoms. The highest BCUT2D eigenvalue weighted by Crippen LogP contribution is 2.31. The maximum atomic E-state index is 11.7. The lowest BCUT2D eigenvalue weighted by Gasteiger charge is -2.24. The highest BCUT2D eigenvalue weighted by molar-refractivity contribution is 5.99. The summed E-state index contributed by atoms with van der Waals surface area (Å²) in [4.78, 5) is 22.9. The maximum Gasteiger partial charge on any atom is 0.324 e. The number of esters is 1. The van der Waals surface area contributed by atoms with Gasteiger partial charge in [-0.3, -0.25) is 9.59 Å². The molecule has 0 fully saturated rings. The second kappa shape index (κ2) is 6.89. The minimum absolute atomic E-state index is 0.124. The molecule has 0 heterocycles. The normalized spacial score (nSPS) is 13.6. The summed E-state index contributed by atoms with van der Waals surface area (Å²) in [6.45, 7) is 3.72. The number of aliphatic carboxylic acids is 1. The summed E-state index contributed by atoms with van der Waals surface area (Å²) in [5, 5.41) is 9.18. The van der Waals surface area contributed by atoms with Crippen molar-refractivity contribution in [3.63, 3.8) is 0 Å². The summed E-state index contributed by atoms with van der Waals surface area (Å²) in [6, 6.07) is 0. The number of ether oxygens (including phenoxy) is 1. The second-order valence-corrected chi connectivity index (χ2v) is 3.59. The number of carbonyl (C=O) groups is 2. The van der Waals surface area contributed by atoms with Crippen molar-refractivity contribution in [1.29, 1.82) is 0 Å². The zero-order chi connectivity index (χ0) is 12.6. The molecular weight excluding hydrogens is 208 g/mol. The van der Waals surface area contributed by atoms with Gasteiger partial charge in [-0.25, -0.2) is 0 Å². The molecule has 0 radical (unpaired) electrons. The molecule has 0 aliphatic carbocycles. The standard InChI is InChI=1S/C12H18O4/c1-4-7-9-12(8-5-2,10(13)14)11(15)16-6-3/h2H,4,6-9H2,1,3H3,(H,13,14). The Balaban J connectivity index is 5.01. The smallest absolute Gasteiger partial charge is 0.324 e. The van der Waals surface area contributed by atoms with E-state index in [-0.39, 0.29) is 19.4 Å². The summed E-state index contributed by atoms with van der Waals surface area (Å²) in [6.07, 6.45) is 6.67. The quantitative estimate of drug-likeness (QED) is 0.408. The highest BCUT2D eigenvalue weighted by Gasteiger charge is 2.46.